The summed E-state index contributed by atoms with van der Waals surface area (Å²) in [6, 6.07) is 0. The van der Waals surface area contributed by atoms with Gasteiger partial charge < -0.3 is 10.1 Å². The van der Waals surface area contributed by atoms with Crippen molar-refractivity contribution >= 4 is 16.1 Å². The van der Waals surface area contributed by atoms with Crippen molar-refractivity contribution in [1.29, 1.82) is 0 Å². The summed E-state index contributed by atoms with van der Waals surface area (Å²) in [7, 11) is 0.775. The van der Waals surface area contributed by atoms with Crippen molar-refractivity contribution in [2.75, 3.05) is 6.54 Å². The maximum atomic E-state index is 11.7. The summed E-state index contributed by atoms with van der Waals surface area (Å²) >= 11 is 0. The van der Waals surface area contributed by atoms with E-state index in [1.807, 2.05) is 13.8 Å². The van der Waals surface area contributed by atoms with Gasteiger partial charge in [-0.1, -0.05) is 0 Å². The van der Waals surface area contributed by atoms with Gasteiger partial charge in [0.05, 0.1) is 16.3 Å². The second-order valence-electron chi connectivity index (χ2n) is 4.11. The smallest absolute Gasteiger partial charge is 0.247 e. The third kappa shape index (κ3) is 2.81. The minimum atomic E-state index is -0.468. The number of rotatable bonds is 2. The van der Waals surface area contributed by atoms with Crippen LogP contribution < -0.4 is 5.32 Å². The van der Waals surface area contributed by atoms with Crippen LogP contribution in [-0.4, -0.2) is 34.0 Å². The molecule has 1 N–H and O–H groups in total. The van der Waals surface area contributed by atoms with Crippen LogP contribution in [0.3, 0.4) is 0 Å². The molecule has 4 heteroatoms. The normalized spacial score (nSPS) is 30.2. The maximum Gasteiger partial charge on any atom is 0.247 e. The van der Waals surface area contributed by atoms with E-state index in [-0.39, 0.29) is 12.0 Å². The molecule has 13 heavy (non-hydrogen) atoms. The Hall–Kier alpha value is -0.353. The summed E-state index contributed by atoms with van der Waals surface area (Å²) in [6.45, 7) is 4.78. The standard InChI is InChI=1S/C9H19NO2Si/c1-7(2)12-9(13)5-3-4-6-10-8(9)11/h7H,3-6H2,1-2,13H3,(H,10,11). The highest BCUT2D eigenvalue weighted by atomic mass is 28.1. The first-order valence-corrected chi connectivity index (χ1v) is 6.01. The van der Waals surface area contributed by atoms with Gasteiger partial charge in [0.1, 0.15) is 5.22 Å². The average Bonchev–Trinajstić information content (AvgIpc) is 2.14. The highest BCUT2D eigenvalue weighted by Gasteiger charge is 2.35. The van der Waals surface area contributed by atoms with Gasteiger partial charge in [-0.2, -0.15) is 0 Å². The predicted octanol–water partition coefficient (Wildman–Crippen LogP) is -0.227. The summed E-state index contributed by atoms with van der Waals surface area (Å²) in [6.07, 6.45) is 3.21. The molecule has 1 rings (SSSR count). The van der Waals surface area contributed by atoms with Gasteiger partial charge in [-0.25, -0.2) is 0 Å². The summed E-state index contributed by atoms with van der Waals surface area (Å²) in [4.78, 5) is 11.7. The molecular formula is C9H19NO2Si. The zero-order chi connectivity index (χ0) is 9.90. The molecule has 0 aromatic rings. The van der Waals surface area contributed by atoms with E-state index in [1.54, 1.807) is 0 Å². The van der Waals surface area contributed by atoms with E-state index >= 15 is 0 Å². The molecule has 0 aromatic carbocycles. The molecule has 1 aliphatic rings. The Morgan fingerprint density at radius 1 is 1.54 bits per heavy atom. The lowest BCUT2D eigenvalue weighted by atomic mass is 10.1. The lowest BCUT2D eigenvalue weighted by Gasteiger charge is -2.29. The molecule has 0 aliphatic carbocycles. The van der Waals surface area contributed by atoms with Crippen LogP contribution in [0.25, 0.3) is 0 Å². The Labute approximate surface area is 82.6 Å². The fourth-order valence-electron chi connectivity index (χ4n) is 1.72. The van der Waals surface area contributed by atoms with E-state index in [2.05, 4.69) is 5.32 Å². The van der Waals surface area contributed by atoms with Gasteiger partial charge in [0.25, 0.3) is 0 Å². The minimum Gasteiger partial charge on any atom is -0.367 e. The summed E-state index contributed by atoms with van der Waals surface area (Å²) in [5, 5.41) is 2.44. The summed E-state index contributed by atoms with van der Waals surface area (Å²) in [5.74, 6) is 0.102. The van der Waals surface area contributed by atoms with E-state index in [1.165, 1.54) is 0 Å². The van der Waals surface area contributed by atoms with Crippen LogP contribution in [-0.2, 0) is 9.53 Å². The van der Waals surface area contributed by atoms with E-state index < -0.39 is 5.22 Å². The predicted molar refractivity (Wildman–Crippen MR) is 55.8 cm³/mol. The zero-order valence-corrected chi connectivity index (χ0v) is 10.7. The van der Waals surface area contributed by atoms with Crippen LogP contribution >= 0.6 is 0 Å². The molecule has 1 amide bonds. The fraction of sp³-hybridized carbons (Fsp3) is 0.889. The first-order chi connectivity index (χ1) is 6.04. The van der Waals surface area contributed by atoms with Gasteiger partial charge >= 0.3 is 0 Å². The van der Waals surface area contributed by atoms with Crippen molar-refractivity contribution in [3.05, 3.63) is 0 Å². The Morgan fingerprint density at radius 3 is 2.85 bits per heavy atom. The van der Waals surface area contributed by atoms with Gasteiger partial charge in [0.2, 0.25) is 5.91 Å². The number of hydrogen-bond donors (Lipinski definition) is 1. The highest BCUT2D eigenvalue weighted by Crippen LogP contribution is 2.20. The topological polar surface area (TPSA) is 38.3 Å². The maximum absolute atomic E-state index is 11.7. The number of carbonyl (C=O) groups excluding carboxylic acids is 1. The monoisotopic (exact) mass is 201 g/mol. The van der Waals surface area contributed by atoms with Gasteiger partial charge in [-0.15, -0.1) is 0 Å². The van der Waals surface area contributed by atoms with Gasteiger partial charge in [0.15, 0.2) is 0 Å². The molecule has 1 unspecified atom stereocenters. The SMILES string of the molecule is CC(C)OC1([SiH3])CCCCNC1=O. The molecule has 1 aliphatic heterocycles. The van der Waals surface area contributed by atoms with Crippen molar-refractivity contribution < 1.29 is 9.53 Å². The molecule has 1 fully saturated rings. The molecule has 0 bridgehead atoms. The molecule has 1 atom stereocenters. The Kier molecular flexibility index (Phi) is 3.50. The first kappa shape index (κ1) is 10.7. The van der Waals surface area contributed by atoms with Gasteiger partial charge in [-0.3, -0.25) is 4.79 Å². The van der Waals surface area contributed by atoms with E-state index in [9.17, 15) is 4.79 Å². The second kappa shape index (κ2) is 4.24. The van der Waals surface area contributed by atoms with E-state index in [4.69, 9.17) is 4.74 Å². The third-order valence-corrected chi connectivity index (χ3v) is 3.53. The Balaban J connectivity index is 2.65. The lowest BCUT2D eigenvalue weighted by molar-refractivity contribution is -0.140. The number of carbonyl (C=O) groups is 1. The van der Waals surface area contributed by atoms with E-state index in [0.717, 1.165) is 36.0 Å². The molecule has 0 saturated carbocycles. The average molecular weight is 201 g/mol. The highest BCUT2D eigenvalue weighted by molar-refractivity contribution is 6.27. The van der Waals surface area contributed by atoms with Gasteiger partial charge in [-0.05, 0) is 33.1 Å². The molecular weight excluding hydrogens is 182 g/mol. The van der Waals surface area contributed by atoms with Crippen molar-refractivity contribution in [3.8, 4) is 0 Å². The van der Waals surface area contributed by atoms with Crippen LogP contribution in [0, 0.1) is 0 Å². The largest absolute Gasteiger partial charge is 0.367 e. The molecule has 0 radical (unpaired) electrons. The first-order valence-electron chi connectivity index (χ1n) is 5.01. The van der Waals surface area contributed by atoms with Crippen LogP contribution in [0.4, 0.5) is 0 Å². The third-order valence-electron chi connectivity index (χ3n) is 2.34. The second-order valence-corrected chi connectivity index (χ2v) is 5.73. The van der Waals surface area contributed by atoms with Crippen LogP contribution in [0.15, 0.2) is 0 Å². The van der Waals surface area contributed by atoms with Crippen LogP contribution in [0.5, 0.6) is 0 Å². The van der Waals surface area contributed by atoms with Crippen molar-refractivity contribution in [2.45, 2.75) is 44.4 Å². The Bertz CT molecular complexity index is 196. The number of ether oxygens (including phenoxy) is 1. The number of nitrogens with one attached hydrogen (secondary N) is 1. The van der Waals surface area contributed by atoms with Crippen molar-refractivity contribution in [3.63, 3.8) is 0 Å². The molecule has 1 heterocycles. The molecule has 0 aromatic heterocycles. The molecule has 0 spiro atoms. The molecule has 1 saturated heterocycles. The van der Waals surface area contributed by atoms with Crippen LogP contribution in [0.2, 0.25) is 0 Å². The molecule has 76 valence electrons. The zero-order valence-electron chi connectivity index (χ0n) is 8.72. The quantitative estimate of drug-likeness (QED) is 0.627. The minimum absolute atomic E-state index is 0.102. The van der Waals surface area contributed by atoms with E-state index in [0.29, 0.717) is 0 Å². The lowest BCUT2D eigenvalue weighted by Crippen LogP contribution is -2.49. The van der Waals surface area contributed by atoms with Gasteiger partial charge in [0, 0.05) is 6.54 Å². The molecule has 3 nitrogen and oxygen atoms in total. The number of amides is 1. The summed E-state index contributed by atoms with van der Waals surface area (Å²) < 4.78 is 5.72. The van der Waals surface area contributed by atoms with Crippen molar-refractivity contribution in [1.82, 2.24) is 5.32 Å². The van der Waals surface area contributed by atoms with Crippen molar-refractivity contribution in [2.24, 2.45) is 0 Å². The summed E-state index contributed by atoms with van der Waals surface area (Å²) in [5.41, 5.74) is 0. The fourth-order valence-corrected chi connectivity index (χ4v) is 2.72. The van der Waals surface area contributed by atoms with Crippen LogP contribution in [0.1, 0.15) is 33.1 Å². The number of hydrogen-bond acceptors (Lipinski definition) is 2. The Morgan fingerprint density at radius 2 is 2.23 bits per heavy atom.